The number of aromatic nitrogens is 4. The van der Waals surface area contributed by atoms with Gasteiger partial charge in [0.2, 0.25) is 4.77 Å². The number of hydrogen-bond acceptors (Lipinski definition) is 4. The van der Waals surface area contributed by atoms with Crippen LogP contribution < -0.4 is 4.90 Å². The van der Waals surface area contributed by atoms with Crippen LogP contribution >= 0.6 is 23.6 Å². The average Bonchev–Trinajstić information content (AvgIpc) is 3.19. The Morgan fingerprint density at radius 2 is 2.08 bits per heavy atom. The topological polar surface area (TPSA) is 40.1 Å². The molecule has 0 fully saturated rings. The molecule has 3 rings (SSSR count). The van der Waals surface area contributed by atoms with E-state index in [4.69, 9.17) is 17.2 Å². The molecular weight excluding hydrogens is 350 g/mol. The van der Waals surface area contributed by atoms with Crippen molar-refractivity contribution < 1.29 is 4.90 Å². The molecule has 1 unspecified atom stereocenters. The molecule has 1 aromatic carbocycles. The molecule has 0 amide bonds. The van der Waals surface area contributed by atoms with Crippen molar-refractivity contribution in [1.82, 2.24) is 19.3 Å². The maximum atomic E-state index is 5.59. The van der Waals surface area contributed by atoms with Gasteiger partial charge in [-0.3, -0.25) is 0 Å². The zero-order valence-electron chi connectivity index (χ0n) is 15.1. The van der Waals surface area contributed by atoms with Gasteiger partial charge in [0.25, 0.3) is 0 Å². The van der Waals surface area contributed by atoms with Crippen LogP contribution in [-0.2, 0) is 13.2 Å². The van der Waals surface area contributed by atoms with Crippen molar-refractivity contribution in [3.05, 3.63) is 40.4 Å². The van der Waals surface area contributed by atoms with E-state index in [-0.39, 0.29) is 0 Å². The summed E-state index contributed by atoms with van der Waals surface area (Å²) in [6.07, 6.45) is 5.47. The van der Waals surface area contributed by atoms with Crippen molar-refractivity contribution in [1.29, 1.82) is 0 Å². The minimum absolute atomic E-state index is 0.296. The van der Waals surface area contributed by atoms with Crippen LogP contribution in [0.15, 0.2) is 30.6 Å². The smallest absolute Gasteiger partial charge is 0.202 e. The van der Waals surface area contributed by atoms with Crippen LogP contribution in [0.3, 0.4) is 0 Å². The van der Waals surface area contributed by atoms with Crippen molar-refractivity contribution in [3.63, 3.8) is 0 Å². The Labute approximate surface area is 157 Å². The van der Waals surface area contributed by atoms with E-state index in [0.29, 0.717) is 6.04 Å². The molecule has 3 aromatic rings. The van der Waals surface area contributed by atoms with Crippen LogP contribution in [0.25, 0.3) is 10.2 Å². The molecule has 2 heterocycles. The predicted molar refractivity (Wildman–Crippen MR) is 105 cm³/mol. The minimum Gasteiger partial charge on any atom is -0.311 e. The van der Waals surface area contributed by atoms with E-state index in [9.17, 15) is 0 Å². The SMILES string of the molecule is CCCCCn1cnn(C[NH+](C)[C@H](C)c2nc3ccccc3s2)c1=S. The predicted octanol–water partition coefficient (Wildman–Crippen LogP) is 3.45. The zero-order valence-corrected chi connectivity index (χ0v) is 16.7. The summed E-state index contributed by atoms with van der Waals surface area (Å²) in [5.74, 6) is 0. The molecule has 2 aromatic heterocycles. The molecule has 5 nitrogen and oxygen atoms in total. The Hall–Kier alpha value is -1.57. The Bertz CT molecular complexity index is 846. The van der Waals surface area contributed by atoms with Gasteiger partial charge < -0.3 is 9.47 Å². The largest absolute Gasteiger partial charge is 0.311 e. The minimum atomic E-state index is 0.296. The van der Waals surface area contributed by atoms with Crippen molar-refractivity contribution in [2.24, 2.45) is 0 Å². The second kappa shape index (κ2) is 8.21. The number of nitrogens with one attached hydrogen (secondary N) is 1. The normalized spacial score (nSPS) is 14.0. The fraction of sp³-hybridized carbons (Fsp3) is 0.500. The standard InChI is InChI=1S/C18H25N5S2/c1-4-5-8-11-22-12-19-23(18(22)24)13-21(3)14(2)17-20-15-9-6-7-10-16(15)25-17/h6-7,9-10,12,14H,4-5,8,11,13H2,1-3H3/p+1/t14-/m1/s1. The average molecular weight is 377 g/mol. The molecule has 25 heavy (non-hydrogen) atoms. The molecule has 134 valence electrons. The Morgan fingerprint density at radius 3 is 2.84 bits per heavy atom. The lowest BCUT2D eigenvalue weighted by Gasteiger charge is -2.19. The van der Waals surface area contributed by atoms with Crippen LogP contribution in [0.2, 0.25) is 0 Å². The van der Waals surface area contributed by atoms with E-state index in [1.54, 1.807) is 11.3 Å². The van der Waals surface area contributed by atoms with E-state index >= 15 is 0 Å². The molecule has 2 atom stereocenters. The Kier molecular flexibility index (Phi) is 5.98. The molecule has 0 aliphatic carbocycles. The number of aryl methyl sites for hydroxylation is 1. The fourth-order valence-corrected chi connectivity index (χ4v) is 4.19. The summed E-state index contributed by atoms with van der Waals surface area (Å²) in [7, 11) is 2.18. The third-order valence-corrected chi connectivity index (χ3v) is 6.28. The van der Waals surface area contributed by atoms with Gasteiger partial charge in [-0.2, -0.15) is 9.78 Å². The second-order valence-corrected chi connectivity index (χ2v) is 7.99. The first-order chi connectivity index (χ1) is 12.1. The van der Waals surface area contributed by atoms with Gasteiger partial charge in [0.15, 0.2) is 11.7 Å². The summed E-state index contributed by atoms with van der Waals surface area (Å²) in [6, 6.07) is 8.61. The molecule has 7 heteroatoms. The molecule has 0 aliphatic heterocycles. The first kappa shape index (κ1) is 18.2. The van der Waals surface area contributed by atoms with Gasteiger partial charge in [0, 0.05) is 6.54 Å². The zero-order chi connectivity index (χ0) is 17.8. The third-order valence-electron chi connectivity index (χ3n) is 4.62. The summed E-state index contributed by atoms with van der Waals surface area (Å²) in [6.45, 7) is 6.13. The van der Waals surface area contributed by atoms with Crippen molar-refractivity contribution >= 4 is 33.8 Å². The van der Waals surface area contributed by atoms with Gasteiger partial charge in [0.1, 0.15) is 12.4 Å². The highest BCUT2D eigenvalue weighted by atomic mass is 32.1. The number of fused-ring (bicyclic) bond motifs is 1. The van der Waals surface area contributed by atoms with Gasteiger partial charge in [-0.25, -0.2) is 4.98 Å². The number of quaternary nitrogens is 1. The van der Waals surface area contributed by atoms with E-state index in [1.807, 2.05) is 17.1 Å². The van der Waals surface area contributed by atoms with Crippen LogP contribution in [0.1, 0.15) is 44.2 Å². The van der Waals surface area contributed by atoms with Crippen molar-refractivity contribution in [2.75, 3.05) is 7.05 Å². The fourth-order valence-electron chi connectivity index (χ4n) is 2.82. The van der Waals surface area contributed by atoms with Crippen LogP contribution in [0.4, 0.5) is 0 Å². The Balaban J connectivity index is 1.69. The summed E-state index contributed by atoms with van der Waals surface area (Å²) in [5, 5.41) is 5.65. The lowest BCUT2D eigenvalue weighted by molar-refractivity contribution is -0.933. The summed E-state index contributed by atoms with van der Waals surface area (Å²) in [5.41, 5.74) is 1.08. The summed E-state index contributed by atoms with van der Waals surface area (Å²) < 4.78 is 6.07. The van der Waals surface area contributed by atoms with Crippen molar-refractivity contribution in [2.45, 2.75) is 52.4 Å². The van der Waals surface area contributed by atoms with Crippen LogP contribution in [0, 0.1) is 4.77 Å². The van der Waals surface area contributed by atoms with Gasteiger partial charge in [-0.1, -0.05) is 31.9 Å². The monoisotopic (exact) mass is 376 g/mol. The van der Waals surface area contributed by atoms with Crippen molar-refractivity contribution in [3.8, 4) is 0 Å². The van der Waals surface area contributed by atoms with E-state index in [2.05, 4.69) is 48.8 Å². The lowest BCUT2D eigenvalue weighted by atomic mass is 10.2. The lowest BCUT2D eigenvalue weighted by Crippen LogP contribution is -3.08. The molecule has 0 saturated heterocycles. The number of unbranched alkanes of at least 4 members (excludes halogenated alkanes) is 2. The van der Waals surface area contributed by atoms with E-state index < -0.39 is 0 Å². The molecular formula is C18H26N5S2+. The van der Waals surface area contributed by atoms with E-state index in [1.165, 1.54) is 22.4 Å². The number of hydrogen-bond donors (Lipinski definition) is 1. The third kappa shape index (κ3) is 4.16. The van der Waals surface area contributed by atoms with Crippen LogP contribution in [-0.4, -0.2) is 26.4 Å². The highest BCUT2D eigenvalue weighted by Crippen LogP contribution is 2.24. The van der Waals surface area contributed by atoms with Gasteiger partial charge in [0.05, 0.1) is 17.3 Å². The highest BCUT2D eigenvalue weighted by molar-refractivity contribution is 7.71. The second-order valence-electron chi connectivity index (χ2n) is 6.56. The molecule has 0 aliphatic rings. The van der Waals surface area contributed by atoms with Gasteiger partial charge >= 0.3 is 0 Å². The quantitative estimate of drug-likeness (QED) is 0.483. The number of thiazole rings is 1. The molecule has 0 spiro atoms. The number of nitrogens with zero attached hydrogens (tertiary/aromatic N) is 4. The molecule has 1 N–H and O–H groups in total. The summed E-state index contributed by atoms with van der Waals surface area (Å²) in [4.78, 5) is 6.12. The van der Waals surface area contributed by atoms with Gasteiger partial charge in [-0.05, 0) is 37.7 Å². The van der Waals surface area contributed by atoms with Gasteiger partial charge in [-0.15, -0.1) is 11.3 Å². The summed E-state index contributed by atoms with van der Waals surface area (Å²) >= 11 is 7.36. The molecule has 0 bridgehead atoms. The number of para-hydroxylation sites is 1. The number of benzene rings is 1. The number of rotatable bonds is 8. The van der Waals surface area contributed by atoms with E-state index in [0.717, 1.165) is 34.9 Å². The first-order valence-corrected chi connectivity index (χ1v) is 10.1. The Morgan fingerprint density at radius 1 is 1.28 bits per heavy atom. The maximum Gasteiger partial charge on any atom is 0.202 e. The maximum absolute atomic E-state index is 5.59. The molecule has 0 radical (unpaired) electrons. The van der Waals surface area contributed by atoms with Crippen LogP contribution in [0.5, 0.6) is 0 Å². The highest BCUT2D eigenvalue weighted by Gasteiger charge is 2.20. The first-order valence-electron chi connectivity index (χ1n) is 8.90. The molecule has 0 saturated carbocycles.